The predicted molar refractivity (Wildman–Crippen MR) is 93.1 cm³/mol. The average Bonchev–Trinajstić information content (AvgIpc) is 2.57. The number of para-hydroxylation sites is 1. The molecule has 2 aliphatic heterocycles. The number of aliphatic hydroxyl groups is 1. The van der Waals surface area contributed by atoms with Gasteiger partial charge in [-0.25, -0.2) is 0 Å². The summed E-state index contributed by atoms with van der Waals surface area (Å²) in [5, 5.41) is 9.72. The molecule has 1 N–H and O–H groups in total. The summed E-state index contributed by atoms with van der Waals surface area (Å²) in [6.07, 6.45) is 3.49. The summed E-state index contributed by atoms with van der Waals surface area (Å²) in [5.41, 5.74) is 1.15. The van der Waals surface area contributed by atoms with Crippen LogP contribution in [0.15, 0.2) is 24.3 Å². The Morgan fingerprint density at radius 1 is 1.21 bits per heavy atom. The molecule has 5 heteroatoms. The van der Waals surface area contributed by atoms with Crippen molar-refractivity contribution in [1.82, 2.24) is 9.80 Å². The summed E-state index contributed by atoms with van der Waals surface area (Å²) in [7, 11) is 0. The number of hydrogen-bond acceptors (Lipinski definition) is 4. The molecule has 2 aliphatic rings. The van der Waals surface area contributed by atoms with Crippen LogP contribution in [0, 0.1) is 6.92 Å². The second-order valence-corrected chi connectivity index (χ2v) is 6.99. The van der Waals surface area contributed by atoms with Crippen LogP contribution in [0.1, 0.15) is 31.2 Å². The van der Waals surface area contributed by atoms with Crippen LogP contribution in [0.4, 0.5) is 0 Å². The van der Waals surface area contributed by atoms with Gasteiger partial charge in [0.15, 0.2) is 0 Å². The Morgan fingerprint density at radius 3 is 2.67 bits per heavy atom. The fraction of sp³-hybridized carbons (Fsp3) is 0.632. The molecule has 2 heterocycles. The van der Waals surface area contributed by atoms with E-state index in [4.69, 9.17) is 4.74 Å². The number of ether oxygens (including phenoxy) is 1. The average molecular weight is 332 g/mol. The predicted octanol–water partition coefficient (Wildman–Crippen LogP) is 1.82. The number of rotatable bonds is 4. The summed E-state index contributed by atoms with van der Waals surface area (Å²) >= 11 is 0. The highest BCUT2D eigenvalue weighted by molar-refractivity contribution is 5.78. The lowest BCUT2D eigenvalue weighted by Gasteiger charge is -2.35. The number of β-amino-alcohol motifs (C(OH)–C–C–N with tert-alkyl or cyclic N) is 1. The third kappa shape index (κ3) is 4.48. The smallest absolute Gasteiger partial charge is 0.236 e. The minimum atomic E-state index is -0.278. The van der Waals surface area contributed by atoms with Crippen LogP contribution in [0.3, 0.4) is 0 Å². The van der Waals surface area contributed by atoms with Crippen molar-refractivity contribution in [3.63, 3.8) is 0 Å². The third-order valence-corrected chi connectivity index (χ3v) is 5.02. The molecule has 0 saturated carbocycles. The molecule has 5 nitrogen and oxygen atoms in total. The molecular weight excluding hydrogens is 304 g/mol. The summed E-state index contributed by atoms with van der Waals surface area (Å²) in [5.74, 6) is 1.13. The van der Waals surface area contributed by atoms with Crippen molar-refractivity contribution in [2.75, 3.05) is 32.7 Å². The fourth-order valence-corrected chi connectivity index (χ4v) is 3.56. The highest BCUT2D eigenvalue weighted by Crippen LogP contribution is 2.22. The first-order chi connectivity index (χ1) is 11.6. The highest BCUT2D eigenvalue weighted by Gasteiger charge is 2.26. The second kappa shape index (κ2) is 7.99. The van der Waals surface area contributed by atoms with Gasteiger partial charge in [0.1, 0.15) is 11.9 Å². The Labute approximate surface area is 144 Å². The number of benzene rings is 1. The van der Waals surface area contributed by atoms with Gasteiger partial charge in [-0.05, 0) is 37.9 Å². The zero-order valence-corrected chi connectivity index (χ0v) is 14.5. The highest BCUT2D eigenvalue weighted by atomic mass is 16.5. The van der Waals surface area contributed by atoms with Gasteiger partial charge < -0.3 is 14.7 Å². The molecule has 3 rings (SSSR count). The van der Waals surface area contributed by atoms with Crippen molar-refractivity contribution in [2.45, 2.75) is 44.8 Å². The maximum Gasteiger partial charge on any atom is 0.236 e. The molecule has 0 radical (unpaired) electrons. The van der Waals surface area contributed by atoms with Gasteiger partial charge in [0, 0.05) is 32.5 Å². The van der Waals surface area contributed by atoms with E-state index >= 15 is 0 Å². The van der Waals surface area contributed by atoms with Crippen LogP contribution in [-0.2, 0) is 4.79 Å². The van der Waals surface area contributed by atoms with Gasteiger partial charge >= 0.3 is 0 Å². The quantitative estimate of drug-likeness (QED) is 0.914. The van der Waals surface area contributed by atoms with Crippen LogP contribution >= 0.6 is 0 Å². The molecule has 24 heavy (non-hydrogen) atoms. The molecule has 1 aromatic carbocycles. The molecule has 1 atom stereocenters. The van der Waals surface area contributed by atoms with Crippen LogP contribution in [0.5, 0.6) is 5.75 Å². The van der Waals surface area contributed by atoms with E-state index in [1.807, 2.05) is 23.1 Å². The lowest BCUT2D eigenvalue weighted by Crippen LogP contribution is -2.48. The minimum Gasteiger partial charge on any atom is -0.490 e. The summed E-state index contributed by atoms with van der Waals surface area (Å²) in [6.45, 7) is 5.53. The summed E-state index contributed by atoms with van der Waals surface area (Å²) in [4.78, 5) is 16.5. The van der Waals surface area contributed by atoms with Gasteiger partial charge in [0.2, 0.25) is 5.91 Å². The number of aliphatic hydroxyl groups excluding tert-OH is 1. The van der Waals surface area contributed by atoms with Crippen molar-refractivity contribution in [3.05, 3.63) is 29.8 Å². The van der Waals surface area contributed by atoms with Crippen LogP contribution < -0.4 is 4.74 Å². The minimum absolute atomic E-state index is 0.179. The van der Waals surface area contributed by atoms with Gasteiger partial charge in [-0.1, -0.05) is 18.2 Å². The number of carbonyl (C=O) groups is 1. The molecule has 1 aromatic rings. The number of likely N-dealkylation sites (tertiary alicyclic amines) is 2. The van der Waals surface area contributed by atoms with Crippen molar-refractivity contribution in [2.24, 2.45) is 0 Å². The maximum atomic E-state index is 12.5. The molecule has 1 unspecified atom stereocenters. The van der Waals surface area contributed by atoms with E-state index < -0.39 is 0 Å². The van der Waals surface area contributed by atoms with Crippen molar-refractivity contribution in [3.8, 4) is 5.75 Å². The number of nitrogens with zero attached hydrogens (tertiary/aromatic N) is 2. The van der Waals surface area contributed by atoms with E-state index in [1.165, 1.54) is 0 Å². The zero-order chi connectivity index (χ0) is 16.9. The first kappa shape index (κ1) is 17.2. The molecule has 0 aliphatic carbocycles. The van der Waals surface area contributed by atoms with Crippen LogP contribution in [0.25, 0.3) is 0 Å². The monoisotopic (exact) mass is 332 g/mol. The van der Waals surface area contributed by atoms with Crippen molar-refractivity contribution < 1.29 is 14.6 Å². The van der Waals surface area contributed by atoms with Gasteiger partial charge in [-0.15, -0.1) is 0 Å². The van der Waals surface area contributed by atoms with E-state index in [-0.39, 0.29) is 18.1 Å². The SMILES string of the molecule is Cc1ccccc1OC1CCN(C(=O)CN2CCCC(O)C2)CC1. The van der Waals surface area contributed by atoms with Gasteiger partial charge in [-0.2, -0.15) is 0 Å². The molecule has 0 bridgehead atoms. The molecule has 2 fully saturated rings. The Balaban J connectivity index is 1.44. The largest absolute Gasteiger partial charge is 0.490 e. The van der Waals surface area contributed by atoms with E-state index in [0.717, 1.165) is 56.6 Å². The van der Waals surface area contributed by atoms with Crippen molar-refractivity contribution >= 4 is 5.91 Å². The molecular formula is C19H28N2O3. The number of aryl methyl sites for hydroxylation is 1. The van der Waals surface area contributed by atoms with E-state index in [0.29, 0.717) is 13.1 Å². The number of amides is 1. The van der Waals surface area contributed by atoms with Crippen LogP contribution in [-0.4, -0.2) is 65.7 Å². The number of piperidine rings is 2. The Kier molecular flexibility index (Phi) is 5.74. The zero-order valence-electron chi connectivity index (χ0n) is 14.5. The molecule has 132 valence electrons. The fourth-order valence-electron chi connectivity index (χ4n) is 3.56. The lowest BCUT2D eigenvalue weighted by atomic mass is 10.1. The van der Waals surface area contributed by atoms with Crippen LogP contribution in [0.2, 0.25) is 0 Å². The second-order valence-electron chi connectivity index (χ2n) is 6.99. The van der Waals surface area contributed by atoms with E-state index in [2.05, 4.69) is 17.9 Å². The maximum absolute atomic E-state index is 12.5. The normalized spacial score (nSPS) is 23.2. The Morgan fingerprint density at radius 2 is 1.96 bits per heavy atom. The molecule has 1 amide bonds. The molecule has 0 spiro atoms. The first-order valence-electron chi connectivity index (χ1n) is 9.02. The Bertz CT molecular complexity index is 555. The topological polar surface area (TPSA) is 53.0 Å². The summed E-state index contributed by atoms with van der Waals surface area (Å²) < 4.78 is 6.10. The lowest BCUT2D eigenvalue weighted by molar-refractivity contribution is -0.134. The third-order valence-electron chi connectivity index (χ3n) is 5.02. The molecule has 2 saturated heterocycles. The van der Waals surface area contributed by atoms with Gasteiger partial charge in [0.05, 0.1) is 12.6 Å². The number of carbonyl (C=O) groups excluding carboxylic acids is 1. The first-order valence-corrected chi connectivity index (χ1v) is 9.02. The number of hydrogen-bond donors (Lipinski definition) is 1. The Hall–Kier alpha value is -1.59. The van der Waals surface area contributed by atoms with Gasteiger partial charge in [-0.3, -0.25) is 9.69 Å². The summed E-state index contributed by atoms with van der Waals surface area (Å²) in [6, 6.07) is 8.07. The van der Waals surface area contributed by atoms with Crippen molar-refractivity contribution in [1.29, 1.82) is 0 Å². The molecule has 0 aromatic heterocycles. The van der Waals surface area contributed by atoms with E-state index in [9.17, 15) is 9.90 Å². The standard InChI is InChI=1S/C19H28N2O3/c1-15-5-2-3-7-18(15)24-17-8-11-21(12-9-17)19(23)14-20-10-4-6-16(22)13-20/h2-3,5,7,16-17,22H,4,6,8-14H2,1H3. The van der Waals surface area contributed by atoms with Gasteiger partial charge in [0.25, 0.3) is 0 Å². The van der Waals surface area contributed by atoms with E-state index in [1.54, 1.807) is 0 Å².